The highest BCUT2D eigenvalue weighted by Crippen LogP contribution is 2.30. The number of rotatable bonds is 6. The summed E-state index contributed by atoms with van der Waals surface area (Å²) in [5.74, 6) is 2.08. The molecule has 2 aromatic rings. The van der Waals surface area contributed by atoms with E-state index in [9.17, 15) is 5.11 Å². The van der Waals surface area contributed by atoms with Gasteiger partial charge in [0.25, 0.3) is 0 Å². The lowest BCUT2D eigenvalue weighted by Gasteiger charge is -2.23. The molecule has 1 heterocycles. The van der Waals surface area contributed by atoms with Crippen molar-refractivity contribution >= 4 is 11.6 Å². The Morgan fingerprint density at radius 3 is 2.78 bits per heavy atom. The van der Waals surface area contributed by atoms with E-state index in [0.29, 0.717) is 17.1 Å². The number of aliphatic imine (C=N–C) groups is 1. The molecule has 0 saturated heterocycles. The van der Waals surface area contributed by atoms with Gasteiger partial charge in [0, 0.05) is 24.3 Å². The predicted octanol–water partition coefficient (Wildman–Crippen LogP) is 2.77. The molecule has 1 aliphatic heterocycles. The quantitative estimate of drug-likeness (QED) is 0.605. The second-order valence-electron chi connectivity index (χ2n) is 6.35. The Morgan fingerprint density at radius 1 is 1.22 bits per heavy atom. The second-order valence-corrected chi connectivity index (χ2v) is 6.35. The average molecular weight is 369 g/mol. The van der Waals surface area contributed by atoms with Gasteiger partial charge in [-0.25, -0.2) is 4.99 Å². The van der Waals surface area contributed by atoms with E-state index in [4.69, 9.17) is 9.47 Å². The van der Waals surface area contributed by atoms with Gasteiger partial charge in [-0.2, -0.15) is 0 Å². The van der Waals surface area contributed by atoms with Crippen molar-refractivity contribution in [3.63, 3.8) is 0 Å². The van der Waals surface area contributed by atoms with E-state index in [0.717, 1.165) is 25.5 Å². The van der Waals surface area contributed by atoms with Crippen LogP contribution in [0.15, 0.2) is 47.5 Å². The Hall–Kier alpha value is -2.73. The fourth-order valence-corrected chi connectivity index (χ4v) is 3.32. The number of para-hydroxylation sites is 1. The Balaban J connectivity index is 1.82. The minimum Gasteiger partial charge on any atom is -0.497 e. The molecule has 0 bridgehead atoms. The molecule has 6 nitrogen and oxygen atoms in total. The van der Waals surface area contributed by atoms with Gasteiger partial charge in [0.1, 0.15) is 17.6 Å². The van der Waals surface area contributed by atoms with Crippen molar-refractivity contribution in [3.8, 4) is 11.5 Å². The van der Waals surface area contributed by atoms with Crippen LogP contribution in [-0.4, -0.2) is 44.9 Å². The molecule has 6 heteroatoms. The van der Waals surface area contributed by atoms with Gasteiger partial charge in [-0.15, -0.1) is 0 Å². The van der Waals surface area contributed by atoms with Crippen LogP contribution in [0.1, 0.15) is 24.2 Å². The van der Waals surface area contributed by atoms with Crippen LogP contribution in [0, 0.1) is 0 Å². The third kappa shape index (κ3) is 4.17. The fraction of sp³-hybridized carbons (Fsp3) is 0.381. The van der Waals surface area contributed by atoms with E-state index in [2.05, 4.69) is 33.4 Å². The third-order valence-corrected chi connectivity index (χ3v) is 4.69. The van der Waals surface area contributed by atoms with Crippen molar-refractivity contribution in [2.75, 3.05) is 38.8 Å². The lowest BCUT2D eigenvalue weighted by Crippen LogP contribution is -2.40. The van der Waals surface area contributed by atoms with Crippen LogP contribution in [0.2, 0.25) is 0 Å². The van der Waals surface area contributed by atoms with Gasteiger partial charge in [0.2, 0.25) is 0 Å². The topological polar surface area (TPSA) is 66.3 Å². The Bertz CT molecular complexity index is 807. The zero-order valence-electron chi connectivity index (χ0n) is 16.1. The first-order chi connectivity index (χ1) is 13.2. The number of hydrogen-bond acceptors (Lipinski definition) is 4. The van der Waals surface area contributed by atoms with Gasteiger partial charge in [0.05, 0.1) is 20.8 Å². The number of benzene rings is 2. The maximum Gasteiger partial charge on any atom is 0.198 e. The van der Waals surface area contributed by atoms with Crippen LogP contribution in [0.4, 0.5) is 5.69 Å². The zero-order chi connectivity index (χ0) is 19.2. The smallest absolute Gasteiger partial charge is 0.198 e. The van der Waals surface area contributed by atoms with Crippen LogP contribution in [0.25, 0.3) is 0 Å². The standard InChI is InChI=1S/C21H27N3O3/c1-4-22-21(24-12-11-15-7-5-6-8-18(15)24)23-14-19(25)17-13-16(26-2)9-10-20(17)27-3/h5-10,13,19,25H,4,11-12,14H2,1-3H3,(H,22,23). The first-order valence-corrected chi connectivity index (χ1v) is 9.21. The van der Waals surface area contributed by atoms with Gasteiger partial charge >= 0.3 is 0 Å². The van der Waals surface area contributed by atoms with Gasteiger partial charge in [0.15, 0.2) is 5.96 Å². The lowest BCUT2D eigenvalue weighted by molar-refractivity contribution is 0.182. The average Bonchev–Trinajstić information content (AvgIpc) is 3.14. The Kier molecular flexibility index (Phi) is 6.19. The van der Waals surface area contributed by atoms with Gasteiger partial charge in [-0.3, -0.25) is 0 Å². The van der Waals surface area contributed by atoms with E-state index in [1.807, 2.05) is 19.1 Å². The lowest BCUT2D eigenvalue weighted by atomic mass is 10.1. The van der Waals surface area contributed by atoms with Crippen LogP contribution < -0.4 is 19.7 Å². The summed E-state index contributed by atoms with van der Waals surface area (Å²) in [6, 6.07) is 13.7. The second kappa shape index (κ2) is 8.77. The molecule has 1 atom stereocenters. The van der Waals surface area contributed by atoms with Crippen molar-refractivity contribution in [2.24, 2.45) is 4.99 Å². The SMILES string of the molecule is CCNC(=NCC(O)c1cc(OC)ccc1OC)N1CCc2ccccc21. The molecule has 27 heavy (non-hydrogen) atoms. The monoisotopic (exact) mass is 369 g/mol. The molecule has 3 rings (SSSR count). The van der Waals surface area contributed by atoms with Crippen molar-refractivity contribution in [3.05, 3.63) is 53.6 Å². The number of anilines is 1. The fourth-order valence-electron chi connectivity index (χ4n) is 3.32. The third-order valence-electron chi connectivity index (χ3n) is 4.69. The highest BCUT2D eigenvalue weighted by molar-refractivity contribution is 5.98. The molecule has 0 fully saturated rings. The first kappa shape index (κ1) is 19.0. The minimum absolute atomic E-state index is 0.227. The molecule has 0 saturated carbocycles. The van der Waals surface area contributed by atoms with Crippen molar-refractivity contribution in [1.82, 2.24) is 5.32 Å². The summed E-state index contributed by atoms with van der Waals surface area (Å²) in [4.78, 5) is 6.86. The molecule has 0 spiro atoms. The summed E-state index contributed by atoms with van der Waals surface area (Å²) in [6.07, 6.45) is 0.203. The largest absolute Gasteiger partial charge is 0.497 e. The van der Waals surface area contributed by atoms with Gasteiger partial charge < -0.3 is 24.8 Å². The molecule has 0 aliphatic carbocycles. The maximum atomic E-state index is 10.7. The summed E-state index contributed by atoms with van der Waals surface area (Å²) in [7, 11) is 3.19. The molecule has 1 aliphatic rings. The van der Waals surface area contributed by atoms with E-state index in [1.165, 1.54) is 11.3 Å². The number of fused-ring (bicyclic) bond motifs is 1. The summed E-state index contributed by atoms with van der Waals surface area (Å²) < 4.78 is 10.6. The predicted molar refractivity (Wildman–Crippen MR) is 108 cm³/mol. The minimum atomic E-state index is -0.790. The molecule has 0 amide bonds. The Labute approximate surface area is 160 Å². The number of methoxy groups -OCH3 is 2. The Morgan fingerprint density at radius 2 is 2.04 bits per heavy atom. The highest BCUT2D eigenvalue weighted by atomic mass is 16.5. The molecule has 144 valence electrons. The van der Waals surface area contributed by atoms with E-state index < -0.39 is 6.10 Å². The molecule has 0 aromatic heterocycles. The number of aliphatic hydroxyl groups is 1. The molecule has 0 radical (unpaired) electrons. The highest BCUT2D eigenvalue weighted by Gasteiger charge is 2.23. The van der Waals surface area contributed by atoms with E-state index in [-0.39, 0.29) is 6.54 Å². The summed E-state index contributed by atoms with van der Waals surface area (Å²) >= 11 is 0. The number of aliphatic hydroxyl groups excluding tert-OH is 1. The number of nitrogens with one attached hydrogen (secondary N) is 1. The molecular weight excluding hydrogens is 342 g/mol. The maximum absolute atomic E-state index is 10.7. The van der Waals surface area contributed by atoms with Crippen LogP contribution in [-0.2, 0) is 6.42 Å². The van der Waals surface area contributed by atoms with Crippen LogP contribution >= 0.6 is 0 Å². The molecule has 1 unspecified atom stereocenters. The molecular formula is C21H27N3O3. The van der Waals surface area contributed by atoms with E-state index in [1.54, 1.807) is 26.4 Å². The van der Waals surface area contributed by atoms with Gasteiger partial charge in [-0.1, -0.05) is 18.2 Å². The van der Waals surface area contributed by atoms with Crippen molar-refractivity contribution in [2.45, 2.75) is 19.4 Å². The van der Waals surface area contributed by atoms with Crippen LogP contribution in [0.3, 0.4) is 0 Å². The normalized spacial score (nSPS) is 14.7. The van der Waals surface area contributed by atoms with E-state index >= 15 is 0 Å². The summed E-state index contributed by atoms with van der Waals surface area (Å²) in [5, 5.41) is 14.1. The number of guanidine groups is 1. The van der Waals surface area contributed by atoms with Crippen molar-refractivity contribution in [1.29, 1.82) is 0 Å². The first-order valence-electron chi connectivity index (χ1n) is 9.21. The zero-order valence-corrected chi connectivity index (χ0v) is 16.1. The number of ether oxygens (including phenoxy) is 2. The number of nitrogens with zero attached hydrogens (tertiary/aromatic N) is 2. The summed E-state index contributed by atoms with van der Waals surface area (Å²) in [6.45, 7) is 3.91. The van der Waals surface area contributed by atoms with Crippen molar-refractivity contribution < 1.29 is 14.6 Å². The summed E-state index contributed by atoms with van der Waals surface area (Å²) in [5.41, 5.74) is 3.15. The number of hydrogen-bond donors (Lipinski definition) is 2. The van der Waals surface area contributed by atoms with Crippen LogP contribution in [0.5, 0.6) is 11.5 Å². The molecule has 2 aromatic carbocycles. The molecule has 2 N–H and O–H groups in total. The van der Waals surface area contributed by atoms with Gasteiger partial charge in [-0.05, 0) is 43.2 Å².